The van der Waals surface area contributed by atoms with Gasteiger partial charge in [0.1, 0.15) is 23.7 Å². The number of aryl methyl sites for hydroxylation is 2. The van der Waals surface area contributed by atoms with Gasteiger partial charge in [-0.15, -0.1) is 5.10 Å². The number of imidazole rings is 1. The van der Waals surface area contributed by atoms with E-state index < -0.39 is 23.7 Å². The molecule has 0 bridgehead atoms. The Morgan fingerprint density at radius 3 is 2.29 bits per heavy atom. The van der Waals surface area contributed by atoms with Crippen molar-refractivity contribution in [3.8, 4) is 0 Å². The summed E-state index contributed by atoms with van der Waals surface area (Å²) in [7, 11) is 1.52. The summed E-state index contributed by atoms with van der Waals surface area (Å²) in [6.45, 7) is 1.97. The molecule has 2 aromatic carbocycles. The molecule has 0 atom stereocenters. The van der Waals surface area contributed by atoms with Crippen LogP contribution in [0.3, 0.4) is 0 Å². The molecule has 1 amide bonds. The van der Waals surface area contributed by atoms with Crippen LogP contribution in [-0.2, 0) is 22.4 Å². The number of amides is 1. The zero-order chi connectivity index (χ0) is 40.1. The summed E-state index contributed by atoms with van der Waals surface area (Å²) in [5, 5.41) is 31.7. The molecule has 3 heterocycles. The van der Waals surface area contributed by atoms with Crippen LogP contribution in [0.4, 0.5) is 21.5 Å². The van der Waals surface area contributed by atoms with Gasteiger partial charge in [0.2, 0.25) is 0 Å². The van der Waals surface area contributed by atoms with Crippen molar-refractivity contribution in [2.24, 2.45) is 22.4 Å². The van der Waals surface area contributed by atoms with Crippen LogP contribution in [0.2, 0.25) is 0 Å². The number of carboxylic acid groups (broad SMARTS) is 2. The monoisotopic (exact) mass is 760 g/mol. The van der Waals surface area contributed by atoms with E-state index in [9.17, 15) is 33.8 Å². The molecule has 55 heavy (non-hydrogen) atoms. The number of nitrogens with zero attached hydrogens (tertiary/aromatic N) is 6. The van der Waals surface area contributed by atoms with E-state index in [4.69, 9.17) is 27.9 Å². The molecule has 2 aromatic heterocycles. The number of allylic oxidation sites excluding steroid dienone is 2. The Morgan fingerprint density at radius 1 is 1.00 bits per heavy atom. The van der Waals surface area contributed by atoms with Crippen LogP contribution in [-0.4, -0.2) is 87.1 Å². The average molecular weight is 761 g/mol. The molecular formula is C35H41FN12O7. The molecule has 290 valence electrons. The summed E-state index contributed by atoms with van der Waals surface area (Å²) in [6.07, 6.45) is 8.94. The van der Waals surface area contributed by atoms with E-state index in [1.807, 2.05) is 4.90 Å². The third kappa shape index (κ3) is 10.7. The van der Waals surface area contributed by atoms with Crippen molar-refractivity contribution < 1.29 is 38.5 Å². The highest BCUT2D eigenvalue weighted by Crippen LogP contribution is 2.31. The lowest BCUT2D eigenvalue weighted by Gasteiger charge is -2.31. The molecule has 0 saturated carbocycles. The minimum atomic E-state index is -1.25. The number of hydrogen-bond acceptors (Lipinski definition) is 14. The van der Waals surface area contributed by atoms with Crippen molar-refractivity contribution >= 4 is 47.0 Å². The van der Waals surface area contributed by atoms with Gasteiger partial charge in [0.05, 0.1) is 41.4 Å². The first-order valence-electron chi connectivity index (χ1n) is 16.6. The lowest BCUT2D eigenvalue weighted by Crippen LogP contribution is -2.37. The summed E-state index contributed by atoms with van der Waals surface area (Å²) in [6, 6.07) is 8.52. The fourth-order valence-electron chi connectivity index (χ4n) is 5.43. The number of halogens is 1. The van der Waals surface area contributed by atoms with Crippen molar-refractivity contribution in [2.75, 3.05) is 54.7 Å². The second kappa shape index (κ2) is 19.0. The van der Waals surface area contributed by atoms with Crippen LogP contribution >= 0.6 is 0 Å². The van der Waals surface area contributed by atoms with Crippen LogP contribution in [0.25, 0.3) is 5.82 Å². The summed E-state index contributed by atoms with van der Waals surface area (Å²) < 4.78 is 21.8. The summed E-state index contributed by atoms with van der Waals surface area (Å²) in [5.74, 6) is 6.78. The highest BCUT2D eigenvalue weighted by atomic mass is 19.1. The maximum absolute atomic E-state index is 14.8. The van der Waals surface area contributed by atoms with Gasteiger partial charge >= 0.3 is 11.9 Å². The Morgan fingerprint density at radius 2 is 1.69 bits per heavy atom. The minimum absolute atomic E-state index is 0.0372. The van der Waals surface area contributed by atoms with E-state index in [1.165, 1.54) is 60.6 Å². The van der Waals surface area contributed by atoms with Crippen molar-refractivity contribution in [1.29, 1.82) is 0 Å². The fraction of sp³-hybridized carbons (Fsp3) is 0.229. The first-order chi connectivity index (χ1) is 26.4. The number of nitrogens with one attached hydrogen (secondary N) is 2. The molecule has 5 rings (SSSR count). The molecule has 1 aliphatic rings. The van der Waals surface area contributed by atoms with Crippen LogP contribution in [0.1, 0.15) is 48.8 Å². The standard InChI is InChI=1S/C30H34FN7O6.C5H7N5O/c1-34-24-16-22(31)18(13-20(24)29(40)41)3-2-4-19-14-25(21(30(42)43)15-26(19)37-9-11-44-12-10-37)36-28(39)23(32)5-6-27(33)38-8-7-35-17-38;6-8-5-2-1-4(3-11)9-10(5)7/h5-8,13-17,34H,2-4,9-12,32-33H2,1H3,(H,36,39)(H,40,41)(H,42,43);1-3H,6-7H2/b23-5-,27-6+;8-5-. The van der Waals surface area contributed by atoms with Gasteiger partial charge in [-0.05, 0) is 78.9 Å². The first kappa shape index (κ1) is 40.5. The van der Waals surface area contributed by atoms with E-state index >= 15 is 0 Å². The molecule has 1 aliphatic heterocycles. The number of nitrogen functional groups attached to an aromatic ring is 1. The Bertz CT molecular complexity index is 2160. The molecule has 1 fully saturated rings. The Hall–Kier alpha value is -7.22. The van der Waals surface area contributed by atoms with Crippen molar-refractivity contribution in [2.45, 2.75) is 19.3 Å². The normalized spacial score (nSPS) is 13.4. The summed E-state index contributed by atoms with van der Waals surface area (Å²) in [4.78, 5) is 53.9. The number of ether oxygens (including phenoxy) is 1. The summed E-state index contributed by atoms with van der Waals surface area (Å²) >= 11 is 0. The maximum Gasteiger partial charge on any atom is 0.337 e. The number of aromatic nitrogens is 4. The first-order valence-corrected chi connectivity index (χ1v) is 16.6. The molecule has 4 aromatic rings. The topological polar surface area (TPSA) is 297 Å². The number of rotatable bonds is 13. The van der Waals surface area contributed by atoms with Gasteiger partial charge in [0.25, 0.3) is 5.91 Å². The molecule has 1 saturated heterocycles. The van der Waals surface area contributed by atoms with Gasteiger partial charge in [-0.1, -0.05) is 0 Å². The van der Waals surface area contributed by atoms with Gasteiger partial charge in [-0.3, -0.25) is 14.2 Å². The predicted molar refractivity (Wildman–Crippen MR) is 200 cm³/mol. The molecule has 0 unspecified atom stereocenters. The molecule has 0 aliphatic carbocycles. The predicted octanol–water partition coefficient (Wildman–Crippen LogP) is 0.894. The lowest BCUT2D eigenvalue weighted by molar-refractivity contribution is -0.112. The van der Waals surface area contributed by atoms with Gasteiger partial charge in [0.15, 0.2) is 11.8 Å². The third-order valence-electron chi connectivity index (χ3n) is 8.24. The van der Waals surface area contributed by atoms with Crippen molar-refractivity contribution in [3.63, 3.8) is 0 Å². The van der Waals surface area contributed by atoms with Crippen LogP contribution in [0.15, 0.2) is 78.1 Å². The van der Waals surface area contributed by atoms with Gasteiger partial charge in [-0.2, -0.15) is 9.89 Å². The molecule has 0 radical (unpaired) electrons. The SMILES string of the molecule is CNc1cc(F)c(CCCc2cc(NC(=O)/C(N)=C/C=C(\N)n3ccnc3)c(C(=O)O)cc2N2CCOCC2)cc1C(=O)O.N/N=c1/ccc(C=O)nn1N. The Labute approximate surface area is 313 Å². The number of aromatic carboxylic acids is 2. The number of carbonyl (C=O) groups is 4. The number of anilines is 3. The largest absolute Gasteiger partial charge is 0.478 e. The number of carboxylic acids is 2. The smallest absolute Gasteiger partial charge is 0.337 e. The van der Waals surface area contributed by atoms with E-state index in [0.717, 1.165) is 10.9 Å². The van der Waals surface area contributed by atoms with Gasteiger partial charge < -0.3 is 53.6 Å². The van der Waals surface area contributed by atoms with E-state index in [0.29, 0.717) is 62.2 Å². The fourth-order valence-corrected chi connectivity index (χ4v) is 5.43. The quantitative estimate of drug-likeness (QED) is 0.0309. The van der Waals surface area contributed by atoms with E-state index in [1.54, 1.807) is 12.3 Å². The molecule has 12 N–H and O–H groups in total. The molecular weight excluding hydrogens is 719 g/mol. The number of aldehydes is 1. The second-order valence-corrected chi connectivity index (χ2v) is 11.8. The second-order valence-electron chi connectivity index (χ2n) is 11.8. The van der Waals surface area contributed by atoms with Crippen LogP contribution < -0.4 is 44.2 Å². The highest BCUT2D eigenvalue weighted by Gasteiger charge is 2.22. The number of hydrogen-bond donors (Lipinski definition) is 8. The minimum Gasteiger partial charge on any atom is -0.478 e. The van der Waals surface area contributed by atoms with E-state index in [2.05, 4.69) is 25.8 Å². The average Bonchev–Trinajstić information content (AvgIpc) is 3.73. The molecule has 19 nitrogen and oxygen atoms in total. The zero-order valence-corrected chi connectivity index (χ0v) is 29.7. The van der Waals surface area contributed by atoms with Crippen molar-refractivity contribution in [1.82, 2.24) is 19.4 Å². The maximum atomic E-state index is 14.8. The van der Waals surface area contributed by atoms with Crippen LogP contribution in [0.5, 0.6) is 0 Å². The summed E-state index contributed by atoms with van der Waals surface area (Å²) in [5.41, 5.74) is 13.9. The Balaban J connectivity index is 0.000000525. The van der Waals surface area contributed by atoms with Gasteiger partial charge in [-0.25, -0.2) is 19.0 Å². The van der Waals surface area contributed by atoms with Crippen LogP contribution in [0, 0.1) is 5.82 Å². The van der Waals surface area contributed by atoms with E-state index in [-0.39, 0.29) is 51.7 Å². The highest BCUT2D eigenvalue weighted by molar-refractivity contribution is 6.07. The molecule has 20 heteroatoms. The number of morpholine rings is 1. The van der Waals surface area contributed by atoms with Crippen molar-refractivity contribution in [3.05, 3.63) is 112 Å². The third-order valence-corrected chi connectivity index (χ3v) is 8.24. The number of nitrogens with two attached hydrogens (primary N) is 4. The zero-order valence-electron chi connectivity index (χ0n) is 29.7. The number of benzene rings is 2. The lowest BCUT2D eigenvalue weighted by atomic mass is 9.97. The molecule has 0 spiro atoms. The van der Waals surface area contributed by atoms with Gasteiger partial charge in [0, 0.05) is 38.2 Å². The Kier molecular flexibility index (Phi) is 14.0. The number of carbonyl (C=O) groups excluding carboxylic acids is 2.